The first kappa shape index (κ1) is 20.3. The van der Waals surface area contributed by atoms with Gasteiger partial charge in [-0.05, 0) is 32.5 Å². The highest BCUT2D eigenvalue weighted by molar-refractivity contribution is 5.85. The number of halogens is 2. The fourth-order valence-electron chi connectivity index (χ4n) is 2.10. The zero-order chi connectivity index (χ0) is 11.8. The summed E-state index contributed by atoms with van der Waals surface area (Å²) in [7, 11) is 0. The number of piperidine rings is 1. The van der Waals surface area contributed by atoms with Crippen LogP contribution in [0.3, 0.4) is 0 Å². The van der Waals surface area contributed by atoms with E-state index in [0.29, 0.717) is 0 Å². The lowest BCUT2D eigenvalue weighted by Crippen LogP contribution is -2.43. The maximum absolute atomic E-state index is 11.8. The van der Waals surface area contributed by atoms with Crippen molar-refractivity contribution in [2.24, 2.45) is 5.92 Å². The molecular formula is C12H27Cl2N3O. The van der Waals surface area contributed by atoms with Crippen LogP contribution in [0.25, 0.3) is 0 Å². The Hall–Kier alpha value is -0.0300. The van der Waals surface area contributed by atoms with Crippen molar-refractivity contribution in [3.05, 3.63) is 0 Å². The molecule has 0 aromatic rings. The van der Waals surface area contributed by atoms with Crippen LogP contribution in [0.5, 0.6) is 0 Å². The van der Waals surface area contributed by atoms with Gasteiger partial charge < -0.3 is 15.5 Å². The molecule has 0 aromatic carbocycles. The van der Waals surface area contributed by atoms with E-state index in [0.717, 1.165) is 52.1 Å². The normalized spacial score (nSPS) is 18.7. The molecule has 4 nitrogen and oxygen atoms in total. The Kier molecular flexibility index (Phi) is 13.6. The Bertz CT molecular complexity index is 207. The van der Waals surface area contributed by atoms with Crippen LogP contribution >= 0.6 is 24.8 Å². The second-order valence-corrected chi connectivity index (χ2v) is 4.36. The molecule has 18 heavy (non-hydrogen) atoms. The van der Waals surface area contributed by atoms with Gasteiger partial charge in [-0.1, -0.05) is 13.8 Å². The van der Waals surface area contributed by atoms with E-state index in [1.54, 1.807) is 0 Å². The molecule has 0 spiro atoms. The third kappa shape index (κ3) is 7.41. The van der Waals surface area contributed by atoms with Crippen molar-refractivity contribution >= 4 is 30.7 Å². The first-order valence-corrected chi connectivity index (χ1v) is 6.48. The molecule has 0 saturated carbocycles. The van der Waals surface area contributed by atoms with E-state index >= 15 is 0 Å². The van der Waals surface area contributed by atoms with Crippen molar-refractivity contribution < 1.29 is 4.79 Å². The summed E-state index contributed by atoms with van der Waals surface area (Å²) in [5, 5.41) is 6.30. The fourth-order valence-corrected chi connectivity index (χ4v) is 2.10. The SMILES string of the molecule is CCN(CC)CCNC(=O)[C@@H]1CCCNC1.Cl.Cl. The van der Waals surface area contributed by atoms with Crippen molar-refractivity contribution in [2.75, 3.05) is 39.3 Å². The molecule has 0 bridgehead atoms. The van der Waals surface area contributed by atoms with Crippen LogP contribution in [-0.2, 0) is 4.79 Å². The Labute approximate surface area is 123 Å². The van der Waals surface area contributed by atoms with Crippen LogP contribution in [0.2, 0.25) is 0 Å². The van der Waals surface area contributed by atoms with E-state index in [4.69, 9.17) is 0 Å². The smallest absolute Gasteiger partial charge is 0.224 e. The highest BCUT2D eigenvalue weighted by Gasteiger charge is 2.20. The number of nitrogens with one attached hydrogen (secondary N) is 2. The number of hydrogen-bond donors (Lipinski definition) is 2. The van der Waals surface area contributed by atoms with E-state index in [-0.39, 0.29) is 36.6 Å². The van der Waals surface area contributed by atoms with Gasteiger partial charge in [0.15, 0.2) is 0 Å². The van der Waals surface area contributed by atoms with Gasteiger partial charge in [-0.2, -0.15) is 0 Å². The van der Waals surface area contributed by atoms with Crippen LogP contribution in [0.15, 0.2) is 0 Å². The van der Waals surface area contributed by atoms with Gasteiger partial charge >= 0.3 is 0 Å². The zero-order valence-corrected chi connectivity index (χ0v) is 13.0. The van der Waals surface area contributed by atoms with Gasteiger partial charge in [-0.3, -0.25) is 4.79 Å². The number of likely N-dealkylation sites (N-methyl/N-ethyl adjacent to an activating group) is 1. The molecular weight excluding hydrogens is 273 g/mol. The number of carbonyl (C=O) groups excluding carboxylic acids is 1. The Balaban J connectivity index is 0. The molecule has 0 radical (unpaired) electrons. The quantitative estimate of drug-likeness (QED) is 0.777. The van der Waals surface area contributed by atoms with E-state index in [1.165, 1.54) is 0 Å². The van der Waals surface area contributed by atoms with E-state index < -0.39 is 0 Å². The van der Waals surface area contributed by atoms with Crippen molar-refractivity contribution in [3.8, 4) is 0 Å². The first-order valence-electron chi connectivity index (χ1n) is 6.48. The van der Waals surface area contributed by atoms with Gasteiger partial charge in [-0.25, -0.2) is 0 Å². The minimum absolute atomic E-state index is 0. The molecule has 0 aromatic heterocycles. The summed E-state index contributed by atoms with van der Waals surface area (Å²) in [6.45, 7) is 10.0. The molecule has 110 valence electrons. The summed E-state index contributed by atoms with van der Waals surface area (Å²) < 4.78 is 0. The predicted octanol–water partition coefficient (Wildman–Crippen LogP) is 1.29. The number of hydrogen-bond acceptors (Lipinski definition) is 3. The third-order valence-corrected chi connectivity index (χ3v) is 3.29. The molecule has 1 saturated heterocycles. The highest BCUT2D eigenvalue weighted by Crippen LogP contribution is 2.09. The molecule has 1 rings (SSSR count). The average Bonchev–Trinajstić information content (AvgIpc) is 2.35. The van der Waals surface area contributed by atoms with Crippen LogP contribution in [0, 0.1) is 5.92 Å². The predicted molar refractivity (Wildman–Crippen MR) is 80.9 cm³/mol. The lowest BCUT2D eigenvalue weighted by atomic mass is 9.99. The maximum atomic E-state index is 11.8. The molecule has 0 unspecified atom stereocenters. The lowest BCUT2D eigenvalue weighted by molar-refractivity contribution is -0.125. The molecule has 1 heterocycles. The maximum Gasteiger partial charge on any atom is 0.224 e. The van der Waals surface area contributed by atoms with Crippen LogP contribution in [0.1, 0.15) is 26.7 Å². The number of carbonyl (C=O) groups is 1. The second kappa shape index (κ2) is 12.0. The van der Waals surface area contributed by atoms with E-state index in [1.807, 2.05) is 0 Å². The molecule has 1 amide bonds. The summed E-state index contributed by atoms with van der Waals surface area (Å²) >= 11 is 0. The highest BCUT2D eigenvalue weighted by atomic mass is 35.5. The van der Waals surface area contributed by atoms with Crippen LogP contribution in [-0.4, -0.2) is 50.1 Å². The van der Waals surface area contributed by atoms with Gasteiger partial charge in [0.2, 0.25) is 5.91 Å². The van der Waals surface area contributed by atoms with E-state index in [9.17, 15) is 4.79 Å². The first-order chi connectivity index (χ1) is 7.77. The van der Waals surface area contributed by atoms with E-state index in [2.05, 4.69) is 29.4 Å². The third-order valence-electron chi connectivity index (χ3n) is 3.29. The Morgan fingerprint density at radius 3 is 2.50 bits per heavy atom. The summed E-state index contributed by atoms with van der Waals surface area (Å²) in [5.41, 5.74) is 0. The van der Waals surface area contributed by atoms with Crippen molar-refractivity contribution in [3.63, 3.8) is 0 Å². The van der Waals surface area contributed by atoms with Crippen LogP contribution < -0.4 is 10.6 Å². The Morgan fingerprint density at radius 2 is 2.00 bits per heavy atom. The minimum atomic E-state index is 0. The van der Waals surface area contributed by atoms with Gasteiger partial charge in [0.25, 0.3) is 0 Å². The standard InChI is InChI=1S/C12H25N3O.2ClH/c1-3-15(4-2)9-8-14-12(16)11-6-5-7-13-10-11;;/h11,13H,3-10H2,1-2H3,(H,14,16);2*1H/t11-;;/m1../s1. The molecule has 0 aliphatic carbocycles. The van der Waals surface area contributed by atoms with Crippen molar-refractivity contribution in [1.82, 2.24) is 15.5 Å². The monoisotopic (exact) mass is 299 g/mol. The lowest BCUT2D eigenvalue weighted by Gasteiger charge is -2.23. The molecule has 1 fully saturated rings. The molecule has 6 heteroatoms. The largest absolute Gasteiger partial charge is 0.355 e. The molecule has 2 N–H and O–H groups in total. The summed E-state index contributed by atoms with van der Waals surface area (Å²) in [6.07, 6.45) is 2.15. The second-order valence-electron chi connectivity index (χ2n) is 4.36. The summed E-state index contributed by atoms with van der Waals surface area (Å²) in [6, 6.07) is 0. The molecule has 1 aliphatic rings. The Morgan fingerprint density at radius 1 is 1.33 bits per heavy atom. The van der Waals surface area contributed by atoms with Gasteiger partial charge in [0.1, 0.15) is 0 Å². The number of nitrogens with zero attached hydrogens (tertiary/aromatic N) is 1. The topological polar surface area (TPSA) is 44.4 Å². The van der Waals surface area contributed by atoms with Gasteiger partial charge in [0, 0.05) is 19.6 Å². The molecule has 1 aliphatic heterocycles. The van der Waals surface area contributed by atoms with Crippen molar-refractivity contribution in [2.45, 2.75) is 26.7 Å². The summed E-state index contributed by atoms with van der Waals surface area (Å²) in [4.78, 5) is 14.1. The number of amides is 1. The fraction of sp³-hybridized carbons (Fsp3) is 0.917. The zero-order valence-electron chi connectivity index (χ0n) is 11.4. The van der Waals surface area contributed by atoms with Gasteiger partial charge in [0.05, 0.1) is 5.92 Å². The minimum Gasteiger partial charge on any atom is -0.355 e. The number of rotatable bonds is 6. The van der Waals surface area contributed by atoms with Crippen molar-refractivity contribution in [1.29, 1.82) is 0 Å². The summed E-state index contributed by atoms with van der Waals surface area (Å²) in [5.74, 6) is 0.407. The average molecular weight is 300 g/mol. The van der Waals surface area contributed by atoms with Crippen LogP contribution in [0.4, 0.5) is 0 Å². The van der Waals surface area contributed by atoms with Gasteiger partial charge in [-0.15, -0.1) is 24.8 Å². The molecule has 1 atom stereocenters.